The number of piperidine rings is 1. The van der Waals surface area contributed by atoms with E-state index in [1.54, 1.807) is 0 Å². The van der Waals surface area contributed by atoms with Crippen LogP contribution in [0.15, 0.2) is 60.8 Å². The highest BCUT2D eigenvalue weighted by Gasteiger charge is 2.53. The van der Waals surface area contributed by atoms with Gasteiger partial charge in [-0.25, -0.2) is 4.98 Å². The predicted octanol–water partition coefficient (Wildman–Crippen LogP) is 4.29. The van der Waals surface area contributed by atoms with Gasteiger partial charge in [-0.05, 0) is 37.7 Å². The van der Waals surface area contributed by atoms with Crippen LogP contribution in [0.5, 0.6) is 0 Å². The summed E-state index contributed by atoms with van der Waals surface area (Å²) in [7, 11) is 0. The molecule has 2 aromatic carbocycles. The van der Waals surface area contributed by atoms with Crippen LogP contribution in [0.1, 0.15) is 49.9 Å². The van der Waals surface area contributed by atoms with Crippen molar-refractivity contribution in [1.29, 1.82) is 0 Å². The second-order valence-corrected chi connectivity index (χ2v) is 11.0. The molecule has 3 heterocycles. The standard InChI is InChI=1S/C30H37N5O2/c1-21(2)17-26-28(36)35(19-23-11-9-22(3)10-12-23)30(29(37)33-26)13-15-34(16-14-30)20-25-18-31-27(32-25)24-7-5-4-6-8-24/h4-12,18,21,26H,13-17,19-20H2,1-3H3,(H,31,32)(H,33,37). The van der Waals surface area contributed by atoms with E-state index in [0.29, 0.717) is 31.7 Å². The van der Waals surface area contributed by atoms with Crippen molar-refractivity contribution in [3.8, 4) is 11.4 Å². The number of H-pyrrole nitrogens is 1. The third kappa shape index (κ3) is 5.32. The number of aromatic amines is 1. The lowest BCUT2D eigenvalue weighted by Crippen LogP contribution is -2.72. The van der Waals surface area contributed by atoms with Gasteiger partial charge in [0.1, 0.15) is 17.4 Å². The number of rotatable bonds is 7. The average molecular weight is 500 g/mol. The van der Waals surface area contributed by atoms with Crippen molar-refractivity contribution >= 4 is 11.8 Å². The van der Waals surface area contributed by atoms with Gasteiger partial charge in [-0.15, -0.1) is 0 Å². The van der Waals surface area contributed by atoms with Crippen molar-refractivity contribution in [3.05, 3.63) is 77.6 Å². The molecule has 2 aliphatic heterocycles. The lowest BCUT2D eigenvalue weighted by atomic mass is 9.80. The number of imidazole rings is 1. The average Bonchev–Trinajstić information content (AvgIpc) is 3.36. The van der Waals surface area contributed by atoms with E-state index < -0.39 is 11.6 Å². The Hall–Kier alpha value is -3.45. The number of piperazine rings is 1. The first-order chi connectivity index (χ1) is 17.8. The van der Waals surface area contributed by atoms with Crippen LogP contribution in [0.4, 0.5) is 0 Å². The van der Waals surface area contributed by atoms with Crippen molar-refractivity contribution in [2.45, 2.75) is 64.7 Å². The SMILES string of the molecule is Cc1ccc(CN2C(=O)C(CC(C)C)NC(=O)C23CCN(Cc2cnc(-c4ccccc4)[nH]2)CC3)cc1. The summed E-state index contributed by atoms with van der Waals surface area (Å²) in [5.41, 5.74) is 3.54. The van der Waals surface area contributed by atoms with Crippen molar-refractivity contribution < 1.29 is 9.59 Å². The van der Waals surface area contributed by atoms with E-state index in [1.807, 2.05) is 41.4 Å². The van der Waals surface area contributed by atoms with Gasteiger partial charge in [0.25, 0.3) is 0 Å². The van der Waals surface area contributed by atoms with Crippen LogP contribution in [-0.2, 0) is 22.7 Å². The number of nitrogens with zero attached hydrogens (tertiary/aromatic N) is 3. The highest BCUT2D eigenvalue weighted by Crippen LogP contribution is 2.35. The van der Waals surface area contributed by atoms with Crippen LogP contribution in [0, 0.1) is 12.8 Å². The number of aromatic nitrogens is 2. The lowest BCUT2D eigenvalue weighted by Gasteiger charge is -2.51. The van der Waals surface area contributed by atoms with Crippen LogP contribution < -0.4 is 5.32 Å². The van der Waals surface area contributed by atoms with E-state index in [0.717, 1.165) is 42.3 Å². The van der Waals surface area contributed by atoms with Crippen LogP contribution >= 0.6 is 0 Å². The van der Waals surface area contributed by atoms with E-state index in [2.05, 4.69) is 65.2 Å². The maximum atomic E-state index is 13.7. The first-order valence-electron chi connectivity index (χ1n) is 13.3. The van der Waals surface area contributed by atoms with Gasteiger partial charge in [0, 0.05) is 43.6 Å². The number of carbonyl (C=O) groups excluding carboxylic acids is 2. The van der Waals surface area contributed by atoms with Gasteiger partial charge in [0.2, 0.25) is 11.8 Å². The van der Waals surface area contributed by atoms with Gasteiger partial charge in [-0.1, -0.05) is 74.0 Å². The maximum Gasteiger partial charge on any atom is 0.246 e. The third-order valence-corrected chi connectivity index (χ3v) is 7.73. The molecule has 1 unspecified atom stereocenters. The number of likely N-dealkylation sites (tertiary alicyclic amines) is 1. The fourth-order valence-electron chi connectivity index (χ4n) is 5.61. The topological polar surface area (TPSA) is 81.3 Å². The lowest BCUT2D eigenvalue weighted by molar-refractivity contribution is -0.162. The zero-order valence-electron chi connectivity index (χ0n) is 22.0. The molecular formula is C30H37N5O2. The molecule has 2 fully saturated rings. The summed E-state index contributed by atoms with van der Waals surface area (Å²) in [6.07, 6.45) is 3.78. The molecular weight excluding hydrogens is 462 g/mol. The van der Waals surface area contributed by atoms with Crippen molar-refractivity contribution in [3.63, 3.8) is 0 Å². The normalized spacial score (nSPS) is 20.0. The molecule has 7 nitrogen and oxygen atoms in total. The van der Waals surface area contributed by atoms with Crippen molar-refractivity contribution in [2.24, 2.45) is 5.92 Å². The summed E-state index contributed by atoms with van der Waals surface area (Å²) in [6.45, 7) is 8.90. The minimum Gasteiger partial charge on any atom is -0.342 e. The Morgan fingerprint density at radius 1 is 1.00 bits per heavy atom. The highest BCUT2D eigenvalue weighted by molar-refractivity contribution is 6.00. The fourth-order valence-corrected chi connectivity index (χ4v) is 5.61. The van der Waals surface area contributed by atoms with E-state index in [-0.39, 0.29) is 11.8 Å². The minimum atomic E-state index is -0.810. The number of carbonyl (C=O) groups is 2. The molecule has 3 aromatic rings. The van der Waals surface area contributed by atoms with Crippen LogP contribution in [0.25, 0.3) is 11.4 Å². The van der Waals surface area contributed by atoms with Crippen LogP contribution in [0.3, 0.4) is 0 Å². The monoisotopic (exact) mass is 499 g/mol. The number of aryl methyl sites for hydroxylation is 1. The molecule has 5 rings (SSSR count). The molecule has 1 spiro atoms. The van der Waals surface area contributed by atoms with Gasteiger partial charge in [0.15, 0.2) is 0 Å². The number of hydrogen-bond donors (Lipinski definition) is 2. The molecule has 0 radical (unpaired) electrons. The predicted molar refractivity (Wildman–Crippen MR) is 144 cm³/mol. The van der Waals surface area contributed by atoms with Gasteiger partial charge in [-0.2, -0.15) is 0 Å². The zero-order valence-corrected chi connectivity index (χ0v) is 22.0. The number of hydrogen-bond acceptors (Lipinski definition) is 4. The Bertz CT molecular complexity index is 1230. The van der Waals surface area contributed by atoms with Gasteiger partial charge >= 0.3 is 0 Å². The summed E-state index contributed by atoms with van der Waals surface area (Å²) < 4.78 is 0. The van der Waals surface area contributed by atoms with Gasteiger partial charge in [-0.3, -0.25) is 14.5 Å². The van der Waals surface area contributed by atoms with Crippen LogP contribution in [0.2, 0.25) is 0 Å². The summed E-state index contributed by atoms with van der Waals surface area (Å²) in [5, 5.41) is 3.10. The molecule has 2 saturated heterocycles. The van der Waals surface area contributed by atoms with E-state index >= 15 is 0 Å². The molecule has 1 atom stereocenters. The first kappa shape index (κ1) is 25.2. The summed E-state index contributed by atoms with van der Waals surface area (Å²) in [5.74, 6) is 1.23. The third-order valence-electron chi connectivity index (χ3n) is 7.73. The zero-order chi connectivity index (χ0) is 26.0. The van der Waals surface area contributed by atoms with E-state index in [9.17, 15) is 9.59 Å². The maximum absolute atomic E-state index is 13.7. The first-order valence-corrected chi connectivity index (χ1v) is 13.3. The summed E-state index contributed by atoms with van der Waals surface area (Å²) in [6, 6.07) is 17.9. The van der Waals surface area contributed by atoms with Crippen molar-refractivity contribution in [2.75, 3.05) is 13.1 Å². The van der Waals surface area contributed by atoms with E-state index in [1.165, 1.54) is 5.56 Å². The molecule has 1 aromatic heterocycles. The smallest absolute Gasteiger partial charge is 0.246 e. The fraction of sp³-hybridized carbons (Fsp3) is 0.433. The van der Waals surface area contributed by atoms with E-state index in [4.69, 9.17) is 0 Å². The Balaban J connectivity index is 1.32. The second-order valence-electron chi connectivity index (χ2n) is 11.0. The Labute approximate surface area is 219 Å². The van der Waals surface area contributed by atoms with Gasteiger partial charge < -0.3 is 15.2 Å². The number of nitrogens with one attached hydrogen (secondary N) is 2. The quantitative estimate of drug-likeness (QED) is 0.508. The highest BCUT2D eigenvalue weighted by atomic mass is 16.2. The second kappa shape index (κ2) is 10.5. The molecule has 2 aliphatic rings. The Morgan fingerprint density at radius 3 is 2.38 bits per heavy atom. The summed E-state index contributed by atoms with van der Waals surface area (Å²) in [4.78, 5) is 39.6. The molecule has 7 heteroatoms. The molecule has 37 heavy (non-hydrogen) atoms. The number of benzene rings is 2. The molecule has 194 valence electrons. The Morgan fingerprint density at radius 2 is 1.70 bits per heavy atom. The summed E-state index contributed by atoms with van der Waals surface area (Å²) >= 11 is 0. The largest absolute Gasteiger partial charge is 0.342 e. The molecule has 2 amide bonds. The van der Waals surface area contributed by atoms with Crippen molar-refractivity contribution in [1.82, 2.24) is 25.1 Å². The molecule has 0 saturated carbocycles. The number of amides is 2. The molecule has 0 bridgehead atoms. The minimum absolute atomic E-state index is 0.00239. The molecule has 0 aliphatic carbocycles. The molecule has 2 N–H and O–H groups in total. The van der Waals surface area contributed by atoms with Gasteiger partial charge in [0.05, 0.1) is 0 Å². The van der Waals surface area contributed by atoms with Crippen LogP contribution in [-0.4, -0.2) is 56.3 Å². The Kier molecular flexibility index (Phi) is 7.15.